The van der Waals surface area contributed by atoms with Crippen molar-refractivity contribution in [1.82, 2.24) is 0 Å². The van der Waals surface area contributed by atoms with E-state index in [2.05, 4.69) is 6.92 Å². The summed E-state index contributed by atoms with van der Waals surface area (Å²) in [7, 11) is 1.76. The minimum Gasteiger partial charge on any atom is -0.382 e. The Labute approximate surface area is 182 Å². The highest BCUT2D eigenvalue weighted by atomic mass is 19.1. The predicted molar refractivity (Wildman–Crippen MR) is 120 cm³/mol. The number of methoxy groups -OCH3 is 1. The second kappa shape index (κ2) is 8.50. The number of nitrogens with two attached hydrogens (primary N) is 1. The molecule has 1 heterocycles. The van der Waals surface area contributed by atoms with Gasteiger partial charge in [-0.1, -0.05) is 19.1 Å². The lowest BCUT2D eigenvalue weighted by atomic mass is 9.74. The van der Waals surface area contributed by atoms with Crippen molar-refractivity contribution < 1.29 is 13.5 Å². The molecular formula is C25H29F2N3O. The highest BCUT2D eigenvalue weighted by molar-refractivity contribution is 6.41. The van der Waals surface area contributed by atoms with E-state index in [4.69, 9.17) is 20.5 Å². The number of aryl methyl sites for hydroxylation is 1. The van der Waals surface area contributed by atoms with E-state index in [1.54, 1.807) is 7.11 Å². The van der Waals surface area contributed by atoms with Crippen LogP contribution in [0.1, 0.15) is 50.7 Å². The van der Waals surface area contributed by atoms with E-state index in [1.165, 1.54) is 12.1 Å². The van der Waals surface area contributed by atoms with Gasteiger partial charge in [0, 0.05) is 24.7 Å². The number of nitrogens with zero attached hydrogens (tertiary/aromatic N) is 2. The first kappa shape index (κ1) is 21.6. The van der Waals surface area contributed by atoms with Crippen LogP contribution in [0.2, 0.25) is 0 Å². The normalized spacial score (nSPS) is 26.0. The van der Waals surface area contributed by atoms with Gasteiger partial charge >= 0.3 is 0 Å². The van der Waals surface area contributed by atoms with Crippen LogP contribution in [0.4, 0.5) is 8.78 Å². The highest BCUT2D eigenvalue weighted by Crippen LogP contribution is 2.48. The lowest BCUT2D eigenvalue weighted by molar-refractivity contribution is 0.0425. The number of aliphatic imine (C=N–C) groups is 2. The largest absolute Gasteiger partial charge is 0.382 e. The molecule has 31 heavy (non-hydrogen) atoms. The fourth-order valence-electron chi connectivity index (χ4n) is 4.95. The fraction of sp³-hybridized carbons (Fsp3) is 0.440. The molecule has 1 saturated carbocycles. The number of hydrogen-bond acceptors (Lipinski definition) is 4. The fourth-order valence-corrected chi connectivity index (χ4v) is 4.95. The maximum absolute atomic E-state index is 13.9. The van der Waals surface area contributed by atoms with Gasteiger partial charge in [-0.15, -0.1) is 0 Å². The molecule has 6 heteroatoms. The zero-order chi connectivity index (χ0) is 22.2. The first-order valence-corrected chi connectivity index (χ1v) is 10.9. The van der Waals surface area contributed by atoms with E-state index >= 15 is 0 Å². The van der Waals surface area contributed by atoms with Crippen molar-refractivity contribution in [2.75, 3.05) is 7.11 Å². The van der Waals surface area contributed by atoms with E-state index < -0.39 is 17.3 Å². The molecule has 2 aromatic carbocycles. The number of ether oxygens (including phenoxy) is 1. The average molecular weight is 426 g/mol. The van der Waals surface area contributed by atoms with E-state index in [9.17, 15) is 8.78 Å². The first-order valence-electron chi connectivity index (χ1n) is 10.9. The van der Waals surface area contributed by atoms with Crippen LogP contribution in [0.5, 0.6) is 0 Å². The molecule has 164 valence electrons. The van der Waals surface area contributed by atoms with Crippen LogP contribution in [0, 0.1) is 17.6 Å². The van der Waals surface area contributed by atoms with Gasteiger partial charge in [0.15, 0.2) is 5.66 Å². The van der Waals surface area contributed by atoms with Crippen LogP contribution >= 0.6 is 0 Å². The Kier molecular flexibility index (Phi) is 5.93. The van der Waals surface area contributed by atoms with Gasteiger partial charge in [0.25, 0.3) is 0 Å². The van der Waals surface area contributed by atoms with Gasteiger partial charge in [-0.2, -0.15) is 0 Å². The average Bonchev–Trinajstić information content (AvgIpc) is 3.08. The summed E-state index contributed by atoms with van der Waals surface area (Å²) in [6.07, 6.45) is 4.80. The standard InChI is InChI=1S/C25H29F2N3O/c1-4-16-5-6-17(18-11-20(26)14-21(27)12-18)13-23(16)25(29-15(2)24(28)30-25)19-7-9-22(31-3)10-8-19/h5-6,11-14,19,22H,4,7-10H2,1-3H3,(H2,28,30). The Hall–Kier alpha value is -2.60. The molecule has 1 fully saturated rings. The van der Waals surface area contributed by atoms with Gasteiger partial charge in [-0.3, -0.25) is 4.99 Å². The summed E-state index contributed by atoms with van der Waals surface area (Å²) >= 11 is 0. The van der Waals surface area contributed by atoms with Gasteiger partial charge in [0.05, 0.1) is 11.8 Å². The van der Waals surface area contributed by atoms with Crippen LogP contribution in [-0.2, 0) is 16.8 Å². The zero-order valence-corrected chi connectivity index (χ0v) is 18.3. The summed E-state index contributed by atoms with van der Waals surface area (Å²) in [5.41, 5.74) is 9.48. The third-order valence-corrected chi connectivity index (χ3v) is 6.66. The Morgan fingerprint density at radius 3 is 2.23 bits per heavy atom. The monoisotopic (exact) mass is 425 g/mol. The molecule has 0 radical (unpaired) electrons. The van der Waals surface area contributed by atoms with Crippen LogP contribution in [0.15, 0.2) is 46.4 Å². The molecule has 2 aliphatic rings. The molecule has 2 N–H and O–H groups in total. The molecular weight excluding hydrogens is 396 g/mol. The van der Waals surface area contributed by atoms with E-state index in [-0.39, 0.29) is 12.0 Å². The number of rotatable bonds is 5. The van der Waals surface area contributed by atoms with Gasteiger partial charge in [-0.25, -0.2) is 13.8 Å². The second-order valence-electron chi connectivity index (χ2n) is 8.51. The van der Waals surface area contributed by atoms with Crippen molar-refractivity contribution in [2.45, 2.75) is 57.7 Å². The molecule has 2 aromatic rings. The molecule has 0 aromatic heterocycles. The predicted octanol–water partition coefficient (Wildman–Crippen LogP) is 5.38. The van der Waals surface area contributed by atoms with Gasteiger partial charge in [0.1, 0.15) is 17.5 Å². The van der Waals surface area contributed by atoms with E-state index in [0.29, 0.717) is 11.4 Å². The summed E-state index contributed by atoms with van der Waals surface area (Å²) < 4.78 is 33.3. The quantitative estimate of drug-likeness (QED) is 0.699. The molecule has 1 unspecified atom stereocenters. The first-order chi connectivity index (χ1) is 14.9. The third kappa shape index (κ3) is 4.01. The lowest BCUT2D eigenvalue weighted by Gasteiger charge is -2.38. The maximum Gasteiger partial charge on any atom is 0.181 e. The van der Waals surface area contributed by atoms with Crippen LogP contribution < -0.4 is 5.73 Å². The summed E-state index contributed by atoms with van der Waals surface area (Å²) in [4.78, 5) is 9.95. The topological polar surface area (TPSA) is 60.0 Å². The molecule has 1 aliphatic heterocycles. The van der Waals surface area contributed by atoms with Crippen molar-refractivity contribution in [1.29, 1.82) is 0 Å². The maximum atomic E-state index is 13.9. The Morgan fingerprint density at radius 1 is 1.00 bits per heavy atom. The summed E-state index contributed by atoms with van der Waals surface area (Å²) in [5.74, 6) is -0.556. The SMILES string of the molecule is CCc1ccc(-c2cc(F)cc(F)c2)cc1C1(C2CCC(OC)CC2)N=C(C)C(N)=N1. The highest BCUT2D eigenvalue weighted by Gasteiger charge is 2.46. The molecule has 1 atom stereocenters. The zero-order valence-electron chi connectivity index (χ0n) is 18.3. The molecule has 4 rings (SSSR count). The van der Waals surface area contributed by atoms with Crippen molar-refractivity contribution in [3.05, 3.63) is 59.2 Å². The molecule has 0 bridgehead atoms. The molecule has 1 aliphatic carbocycles. The summed E-state index contributed by atoms with van der Waals surface area (Å²) in [6.45, 7) is 3.98. The Morgan fingerprint density at radius 2 is 1.68 bits per heavy atom. The number of halogens is 2. The Balaban J connectivity index is 1.85. The molecule has 0 saturated heterocycles. The molecule has 0 spiro atoms. The van der Waals surface area contributed by atoms with Crippen molar-refractivity contribution in [2.24, 2.45) is 21.6 Å². The van der Waals surface area contributed by atoms with Crippen molar-refractivity contribution in [3.8, 4) is 11.1 Å². The van der Waals surface area contributed by atoms with Crippen molar-refractivity contribution in [3.63, 3.8) is 0 Å². The second-order valence-corrected chi connectivity index (χ2v) is 8.51. The molecule has 0 amide bonds. The van der Waals surface area contributed by atoms with Gasteiger partial charge in [0.2, 0.25) is 0 Å². The van der Waals surface area contributed by atoms with Crippen LogP contribution in [-0.4, -0.2) is 24.8 Å². The minimum absolute atomic E-state index is 0.180. The lowest BCUT2D eigenvalue weighted by Crippen LogP contribution is -2.36. The number of benzene rings is 2. The van der Waals surface area contributed by atoms with E-state index in [1.807, 2.05) is 25.1 Å². The summed E-state index contributed by atoms with van der Waals surface area (Å²) in [6, 6.07) is 9.51. The van der Waals surface area contributed by atoms with E-state index in [0.717, 1.165) is 60.6 Å². The smallest absolute Gasteiger partial charge is 0.181 e. The third-order valence-electron chi connectivity index (χ3n) is 6.66. The van der Waals surface area contributed by atoms with Gasteiger partial charge in [-0.05, 0) is 73.9 Å². The summed E-state index contributed by atoms with van der Waals surface area (Å²) in [5, 5.41) is 0. The number of hydrogen-bond donors (Lipinski definition) is 1. The Bertz CT molecular complexity index is 1000. The van der Waals surface area contributed by atoms with Crippen LogP contribution in [0.25, 0.3) is 11.1 Å². The molecule has 4 nitrogen and oxygen atoms in total. The van der Waals surface area contributed by atoms with Crippen LogP contribution in [0.3, 0.4) is 0 Å². The van der Waals surface area contributed by atoms with Crippen molar-refractivity contribution >= 4 is 11.5 Å². The minimum atomic E-state index is -0.805. The van der Waals surface area contributed by atoms with Gasteiger partial charge < -0.3 is 10.5 Å². The number of amidine groups is 1.